The summed E-state index contributed by atoms with van der Waals surface area (Å²) in [4.78, 5) is 11.5. The molecular formula is C16H27N3O4. The zero-order chi connectivity index (χ0) is 17.8. The van der Waals surface area contributed by atoms with Gasteiger partial charge in [-0.05, 0) is 57.4 Å². The second-order valence-electron chi connectivity index (χ2n) is 6.57. The number of amides is 1. The number of alkyl carbamates (subject to hydrolysis) is 1. The molecular weight excluding hydrogens is 298 g/mol. The van der Waals surface area contributed by atoms with E-state index in [1.807, 2.05) is 0 Å². The number of nitrogens with two attached hydrogens (primary N) is 2. The Hall–Kier alpha value is -1.99. The third-order valence-corrected chi connectivity index (χ3v) is 3.26. The molecule has 7 N–H and O–H groups in total. The number of hydrogen-bond acceptors (Lipinski definition) is 6. The molecule has 2 unspecified atom stereocenters. The van der Waals surface area contributed by atoms with Crippen molar-refractivity contribution in [2.75, 3.05) is 18.0 Å². The van der Waals surface area contributed by atoms with Crippen LogP contribution in [-0.2, 0) is 4.74 Å². The van der Waals surface area contributed by atoms with Gasteiger partial charge in [-0.15, -0.1) is 0 Å². The maximum atomic E-state index is 11.5. The number of anilines is 2. The van der Waals surface area contributed by atoms with Crippen molar-refractivity contribution in [2.24, 2.45) is 0 Å². The summed E-state index contributed by atoms with van der Waals surface area (Å²) < 4.78 is 5.09. The lowest BCUT2D eigenvalue weighted by atomic mass is 9.96. The van der Waals surface area contributed by atoms with Crippen LogP contribution >= 0.6 is 0 Å². The van der Waals surface area contributed by atoms with Crippen LogP contribution < -0.4 is 16.8 Å². The average molecular weight is 325 g/mol. The molecule has 1 amide bonds. The summed E-state index contributed by atoms with van der Waals surface area (Å²) in [7, 11) is 0. The standard InChI is InChI=1S/C16H27N3O4/c1-9-7-11(17)12(18)8-10(9)14(21)13(20)5-6-19-15(22)23-16(2,3)4/h7-8,13-14,20-21H,5-6,17-18H2,1-4H3,(H,19,22). The highest BCUT2D eigenvalue weighted by Crippen LogP contribution is 2.28. The number of hydrogen-bond donors (Lipinski definition) is 5. The van der Waals surface area contributed by atoms with E-state index in [0.29, 0.717) is 16.9 Å². The minimum Gasteiger partial charge on any atom is -0.444 e. The summed E-state index contributed by atoms with van der Waals surface area (Å²) >= 11 is 0. The molecule has 0 fully saturated rings. The largest absolute Gasteiger partial charge is 0.444 e. The van der Waals surface area contributed by atoms with Gasteiger partial charge in [0.05, 0.1) is 17.5 Å². The number of aliphatic hydroxyl groups is 2. The summed E-state index contributed by atoms with van der Waals surface area (Å²) in [6, 6.07) is 3.21. The molecule has 1 aromatic rings. The van der Waals surface area contributed by atoms with Crippen LogP contribution in [0.15, 0.2) is 12.1 Å². The van der Waals surface area contributed by atoms with Crippen LogP contribution in [0.3, 0.4) is 0 Å². The lowest BCUT2D eigenvalue weighted by Gasteiger charge is -2.22. The molecule has 7 heteroatoms. The molecule has 0 aliphatic carbocycles. The molecule has 0 bridgehead atoms. The molecule has 0 aliphatic rings. The number of rotatable bonds is 5. The van der Waals surface area contributed by atoms with Crippen molar-refractivity contribution in [3.05, 3.63) is 23.3 Å². The molecule has 0 saturated carbocycles. The summed E-state index contributed by atoms with van der Waals surface area (Å²) in [6.07, 6.45) is -2.55. The molecule has 0 saturated heterocycles. The molecule has 0 heterocycles. The maximum absolute atomic E-state index is 11.5. The minimum absolute atomic E-state index is 0.171. The van der Waals surface area contributed by atoms with Gasteiger partial charge in [-0.2, -0.15) is 0 Å². The Morgan fingerprint density at radius 1 is 1.26 bits per heavy atom. The quantitative estimate of drug-likeness (QED) is 0.521. The third-order valence-electron chi connectivity index (χ3n) is 3.26. The van der Waals surface area contributed by atoms with E-state index in [9.17, 15) is 15.0 Å². The maximum Gasteiger partial charge on any atom is 0.407 e. The van der Waals surface area contributed by atoms with E-state index in [2.05, 4.69) is 5.32 Å². The Kier molecular flexibility index (Phi) is 6.23. The fraction of sp³-hybridized carbons (Fsp3) is 0.562. The molecule has 0 aliphatic heterocycles. The van der Waals surface area contributed by atoms with Crippen molar-refractivity contribution >= 4 is 17.5 Å². The Morgan fingerprint density at radius 3 is 2.39 bits per heavy atom. The number of ether oxygens (including phenoxy) is 1. The van der Waals surface area contributed by atoms with Gasteiger partial charge in [0, 0.05) is 6.54 Å². The molecule has 1 aromatic carbocycles. The Morgan fingerprint density at radius 2 is 1.83 bits per heavy atom. The van der Waals surface area contributed by atoms with Gasteiger partial charge in [-0.1, -0.05) is 0 Å². The molecule has 2 atom stereocenters. The van der Waals surface area contributed by atoms with Crippen molar-refractivity contribution in [1.29, 1.82) is 0 Å². The Balaban J connectivity index is 2.57. The first-order valence-corrected chi connectivity index (χ1v) is 7.49. The van der Waals surface area contributed by atoms with Crippen molar-refractivity contribution in [3.63, 3.8) is 0 Å². The van der Waals surface area contributed by atoms with E-state index in [1.165, 1.54) is 0 Å². The predicted octanol–water partition coefficient (Wildman–Crippen LogP) is 1.47. The predicted molar refractivity (Wildman–Crippen MR) is 89.8 cm³/mol. The Labute approximate surface area is 136 Å². The highest BCUT2D eigenvalue weighted by Gasteiger charge is 2.22. The van der Waals surface area contributed by atoms with Crippen molar-refractivity contribution in [2.45, 2.75) is 51.9 Å². The number of nitrogens with one attached hydrogen (secondary N) is 1. The van der Waals surface area contributed by atoms with Crippen LogP contribution in [0.25, 0.3) is 0 Å². The molecule has 0 aromatic heterocycles. The Bertz CT molecular complexity index is 555. The van der Waals surface area contributed by atoms with E-state index in [4.69, 9.17) is 16.2 Å². The fourth-order valence-electron chi connectivity index (χ4n) is 2.08. The topological polar surface area (TPSA) is 131 Å². The first-order valence-electron chi connectivity index (χ1n) is 7.49. The fourth-order valence-corrected chi connectivity index (χ4v) is 2.08. The highest BCUT2D eigenvalue weighted by atomic mass is 16.6. The lowest BCUT2D eigenvalue weighted by Crippen LogP contribution is -2.34. The zero-order valence-corrected chi connectivity index (χ0v) is 14.1. The van der Waals surface area contributed by atoms with E-state index < -0.39 is 23.9 Å². The van der Waals surface area contributed by atoms with Crippen LogP contribution in [0.4, 0.5) is 16.2 Å². The molecule has 0 radical (unpaired) electrons. The second kappa shape index (κ2) is 7.52. The highest BCUT2D eigenvalue weighted by molar-refractivity contribution is 5.67. The SMILES string of the molecule is Cc1cc(N)c(N)cc1C(O)C(O)CCNC(=O)OC(C)(C)C. The number of carbonyl (C=O) groups is 1. The average Bonchev–Trinajstić information content (AvgIpc) is 2.40. The molecule has 1 rings (SSSR count). The van der Waals surface area contributed by atoms with Crippen molar-refractivity contribution in [3.8, 4) is 0 Å². The number of nitrogen functional groups attached to an aromatic ring is 2. The van der Waals surface area contributed by atoms with E-state index in [0.717, 1.165) is 5.56 Å². The van der Waals surface area contributed by atoms with Crippen LogP contribution in [0.1, 0.15) is 44.4 Å². The molecule has 0 spiro atoms. The summed E-state index contributed by atoms with van der Waals surface area (Å²) in [5, 5.41) is 22.9. The van der Waals surface area contributed by atoms with Crippen LogP contribution in [0.2, 0.25) is 0 Å². The first-order chi connectivity index (χ1) is 10.5. The molecule has 23 heavy (non-hydrogen) atoms. The van der Waals surface area contributed by atoms with E-state index in [-0.39, 0.29) is 13.0 Å². The summed E-state index contributed by atoms with van der Waals surface area (Å²) in [5.74, 6) is 0. The smallest absolute Gasteiger partial charge is 0.407 e. The van der Waals surface area contributed by atoms with Crippen molar-refractivity contribution < 1.29 is 19.7 Å². The van der Waals surface area contributed by atoms with Crippen LogP contribution in [-0.4, -0.2) is 34.6 Å². The van der Waals surface area contributed by atoms with Gasteiger partial charge in [0.15, 0.2) is 0 Å². The van der Waals surface area contributed by atoms with Gasteiger partial charge >= 0.3 is 6.09 Å². The number of aryl methyl sites for hydroxylation is 1. The normalized spacial score (nSPS) is 14.2. The summed E-state index contributed by atoms with van der Waals surface area (Å²) in [6.45, 7) is 7.25. The van der Waals surface area contributed by atoms with Gasteiger partial charge in [-0.25, -0.2) is 4.79 Å². The van der Waals surface area contributed by atoms with Gasteiger partial charge in [0.25, 0.3) is 0 Å². The summed E-state index contributed by atoms with van der Waals surface area (Å²) in [5.41, 5.74) is 12.9. The number of aliphatic hydroxyl groups excluding tert-OH is 2. The van der Waals surface area contributed by atoms with Crippen LogP contribution in [0.5, 0.6) is 0 Å². The molecule has 130 valence electrons. The van der Waals surface area contributed by atoms with Gasteiger partial charge in [0.1, 0.15) is 11.7 Å². The molecule has 7 nitrogen and oxygen atoms in total. The van der Waals surface area contributed by atoms with E-state index >= 15 is 0 Å². The van der Waals surface area contributed by atoms with Crippen molar-refractivity contribution in [1.82, 2.24) is 5.32 Å². The van der Waals surface area contributed by atoms with Crippen LogP contribution in [0, 0.1) is 6.92 Å². The number of carbonyl (C=O) groups excluding carboxylic acids is 1. The van der Waals surface area contributed by atoms with E-state index in [1.54, 1.807) is 39.8 Å². The monoisotopic (exact) mass is 325 g/mol. The first kappa shape index (κ1) is 19.1. The second-order valence-corrected chi connectivity index (χ2v) is 6.57. The number of benzene rings is 1. The zero-order valence-electron chi connectivity index (χ0n) is 14.1. The van der Waals surface area contributed by atoms with Gasteiger partial charge < -0.3 is 31.7 Å². The van der Waals surface area contributed by atoms with Gasteiger partial charge in [-0.3, -0.25) is 0 Å². The lowest BCUT2D eigenvalue weighted by molar-refractivity contribution is 0.0120. The van der Waals surface area contributed by atoms with Gasteiger partial charge in [0.2, 0.25) is 0 Å². The minimum atomic E-state index is -1.11. The third kappa shape index (κ3) is 5.96.